The summed E-state index contributed by atoms with van der Waals surface area (Å²) in [6, 6.07) is 0. The summed E-state index contributed by atoms with van der Waals surface area (Å²) in [6.45, 7) is 5.99. The highest BCUT2D eigenvalue weighted by Gasteiger charge is 2.36. The zero-order chi connectivity index (χ0) is 13.3. The van der Waals surface area contributed by atoms with Crippen LogP contribution in [0.1, 0.15) is 38.4 Å². The average Bonchev–Trinajstić information content (AvgIpc) is 2.78. The molecular formula is C13H19N3O2. The monoisotopic (exact) mass is 249 g/mol. The fraction of sp³-hybridized carbons (Fsp3) is 0.615. The van der Waals surface area contributed by atoms with Crippen molar-refractivity contribution in [3.63, 3.8) is 0 Å². The molecule has 0 fully saturated rings. The van der Waals surface area contributed by atoms with Gasteiger partial charge in [-0.3, -0.25) is 0 Å². The molecule has 0 aromatic carbocycles. The fourth-order valence-electron chi connectivity index (χ4n) is 2.50. The van der Waals surface area contributed by atoms with E-state index in [1.54, 1.807) is 20.2 Å². The van der Waals surface area contributed by atoms with Gasteiger partial charge >= 0.3 is 5.97 Å². The highest BCUT2D eigenvalue weighted by Crippen LogP contribution is 2.31. The summed E-state index contributed by atoms with van der Waals surface area (Å²) < 4.78 is 0. The molecule has 1 aromatic heterocycles. The molecule has 0 saturated carbocycles. The van der Waals surface area contributed by atoms with Gasteiger partial charge in [-0.05, 0) is 40.0 Å². The number of aliphatic carboxylic acids is 1. The molecule has 1 N–H and O–H groups in total. The van der Waals surface area contributed by atoms with Crippen LogP contribution < -0.4 is 4.90 Å². The molecule has 0 radical (unpaired) electrons. The van der Waals surface area contributed by atoms with E-state index < -0.39 is 11.5 Å². The van der Waals surface area contributed by atoms with Crippen LogP contribution >= 0.6 is 0 Å². The Morgan fingerprint density at radius 3 is 2.78 bits per heavy atom. The van der Waals surface area contributed by atoms with Gasteiger partial charge in [0, 0.05) is 17.8 Å². The lowest BCUT2D eigenvalue weighted by Gasteiger charge is -2.36. The molecule has 0 spiro atoms. The molecule has 1 heterocycles. The van der Waals surface area contributed by atoms with E-state index in [2.05, 4.69) is 9.97 Å². The van der Waals surface area contributed by atoms with Crippen molar-refractivity contribution in [3.05, 3.63) is 17.6 Å². The van der Waals surface area contributed by atoms with E-state index in [0.717, 1.165) is 36.3 Å². The summed E-state index contributed by atoms with van der Waals surface area (Å²) >= 11 is 0. The molecule has 0 amide bonds. The Balaban J connectivity index is 2.46. The molecule has 0 atom stereocenters. The maximum absolute atomic E-state index is 11.4. The smallest absolute Gasteiger partial charge is 0.328 e. The topological polar surface area (TPSA) is 66.3 Å². The van der Waals surface area contributed by atoms with E-state index in [-0.39, 0.29) is 0 Å². The number of anilines is 1. The van der Waals surface area contributed by atoms with E-state index in [0.29, 0.717) is 6.54 Å². The predicted octanol–water partition coefficient (Wildman–Crippen LogP) is 1.65. The Hall–Kier alpha value is -1.65. The van der Waals surface area contributed by atoms with Gasteiger partial charge in [-0.2, -0.15) is 0 Å². The van der Waals surface area contributed by atoms with Crippen molar-refractivity contribution >= 4 is 11.8 Å². The normalized spacial score (nSPS) is 14.4. The second kappa shape index (κ2) is 4.55. The number of aromatic nitrogens is 2. The minimum absolute atomic E-state index is 0.614. The van der Waals surface area contributed by atoms with Gasteiger partial charge in [0.15, 0.2) is 0 Å². The summed E-state index contributed by atoms with van der Waals surface area (Å²) in [7, 11) is 0. The van der Waals surface area contributed by atoms with E-state index in [1.807, 2.05) is 11.8 Å². The standard InChI is InChI=1S/C13H19N3O2/c1-4-16(13(2,3)12(17)18)11-9-6-5-7-10(9)14-8-15-11/h8H,4-7H2,1-3H3,(H,17,18). The third kappa shape index (κ3) is 1.94. The maximum Gasteiger partial charge on any atom is 0.328 e. The first-order chi connectivity index (χ1) is 8.48. The molecule has 0 aliphatic heterocycles. The molecule has 1 aliphatic carbocycles. The molecule has 1 aliphatic rings. The Bertz CT molecular complexity index is 471. The molecule has 18 heavy (non-hydrogen) atoms. The van der Waals surface area contributed by atoms with Crippen LogP contribution in [0.5, 0.6) is 0 Å². The number of carboxylic acids is 1. The summed E-state index contributed by atoms with van der Waals surface area (Å²) in [5.74, 6) is -0.0536. The lowest BCUT2D eigenvalue weighted by molar-refractivity contribution is -0.142. The van der Waals surface area contributed by atoms with Gasteiger partial charge in [0.1, 0.15) is 17.7 Å². The largest absolute Gasteiger partial charge is 0.480 e. The Morgan fingerprint density at radius 1 is 1.44 bits per heavy atom. The first-order valence-corrected chi connectivity index (χ1v) is 6.32. The van der Waals surface area contributed by atoms with Crippen LogP contribution in [0.25, 0.3) is 0 Å². The van der Waals surface area contributed by atoms with Crippen LogP contribution in [0, 0.1) is 0 Å². The molecule has 5 nitrogen and oxygen atoms in total. The van der Waals surface area contributed by atoms with Crippen molar-refractivity contribution in [2.45, 2.75) is 45.6 Å². The minimum atomic E-state index is -0.959. The van der Waals surface area contributed by atoms with Crippen molar-refractivity contribution in [2.75, 3.05) is 11.4 Å². The zero-order valence-corrected chi connectivity index (χ0v) is 11.1. The predicted molar refractivity (Wildman–Crippen MR) is 68.8 cm³/mol. The number of hydrogen-bond donors (Lipinski definition) is 1. The Kier molecular flexibility index (Phi) is 3.24. The van der Waals surface area contributed by atoms with Crippen molar-refractivity contribution < 1.29 is 9.90 Å². The number of nitrogens with zero attached hydrogens (tertiary/aromatic N) is 3. The number of likely N-dealkylation sites (N-methyl/N-ethyl adjacent to an activating group) is 1. The quantitative estimate of drug-likeness (QED) is 0.879. The molecule has 0 bridgehead atoms. The molecule has 2 rings (SSSR count). The Labute approximate surface area is 107 Å². The zero-order valence-electron chi connectivity index (χ0n) is 11.1. The molecule has 5 heteroatoms. The van der Waals surface area contributed by atoms with Crippen molar-refractivity contribution in [2.24, 2.45) is 0 Å². The van der Waals surface area contributed by atoms with E-state index in [4.69, 9.17) is 0 Å². The van der Waals surface area contributed by atoms with Crippen LogP contribution in [0.4, 0.5) is 5.82 Å². The van der Waals surface area contributed by atoms with Crippen molar-refractivity contribution in [1.82, 2.24) is 9.97 Å². The lowest BCUT2D eigenvalue weighted by Crippen LogP contribution is -2.51. The van der Waals surface area contributed by atoms with Gasteiger partial charge in [-0.15, -0.1) is 0 Å². The van der Waals surface area contributed by atoms with Gasteiger partial charge in [0.25, 0.3) is 0 Å². The summed E-state index contributed by atoms with van der Waals surface area (Å²) in [4.78, 5) is 21.9. The van der Waals surface area contributed by atoms with E-state index in [1.165, 1.54) is 0 Å². The summed E-state index contributed by atoms with van der Waals surface area (Å²) in [6.07, 6.45) is 4.53. The molecule has 1 aromatic rings. The third-order valence-electron chi connectivity index (χ3n) is 3.62. The Morgan fingerprint density at radius 2 is 2.17 bits per heavy atom. The first-order valence-electron chi connectivity index (χ1n) is 6.32. The van der Waals surface area contributed by atoms with Crippen LogP contribution in [-0.4, -0.2) is 33.1 Å². The number of aryl methyl sites for hydroxylation is 1. The maximum atomic E-state index is 11.4. The van der Waals surface area contributed by atoms with Crippen LogP contribution in [0.3, 0.4) is 0 Å². The van der Waals surface area contributed by atoms with Gasteiger partial charge in [-0.25, -0.2) is 14.8 Å². The van der Waals surface area contributed by atoms with Gasteiger partial charge in [-0.1, -0.05) is 0 Å². The minimum Gasteiger partial charge on any atom is -0.480 e. The fourth-order valence-corrected chi connectivity index (χ4v) is 2.50. The average molecular weight is 249 g/mol. The SMILES string of the molecule is CCN(c1ncnc2c1CCC2)C(C)(C)C(=O)O. The number of carboxylic acid groups (broad SMARTS) is 1. The van der Waals surface area contributed by atoms with Crippen LogP contribution in [-0.2, 0) is 17.6 Å². The molecule has 98 valence electrons. The van der Waals surface area contributed by atoms with Crippen molar-refractivity contribution in [1.29, 1.82) is 0 Å². The summed E-state index contributed by atoms with van der Waals surface area (Å²) in [5, 5.41) is 9.37. The van der Waals surface area contributed by atoms with E-state index in [9.17, 15) is 9.90 Å². The number of hydrogen-bond acceptors (Lipinski definition) is 4. The molecular weight excluding hydrogens is 230 g/mol. The number of carbonyl (C=O) groups is 1. The highest BCUT2D eigenvalue weighted by molar-refractivity contribution is 5.82. The summed E-state index contributed by atoms with van der Waals surface area (Å²) in [5.41, 5.74) is 1.23. The first kappa shape index (κ1) is 12.8. The van der Waals surface area contributed by atoms with Crippen molar-refractivity contribution in [3.8, 4) is 0 Å². The highest BCUT2D eigenvalue weighted by atomic mass is 16.4. The van der Waals surface area contributed by atoms with E-state index >= 15 is 0 Å². The van der Waals surface area contributed by atoms with Gasteiger partial charge in [0.05, 0.1) is 0 Å². The van der Waals surface area contributed by atoms with Gasteiger partial charge in [0.2, 0.25) is 0 Å². The number of rotatable bonds is 4. The van der Waals surface area contributed by atoms with Gasteiger partial charge < -0.3 is 10.0 Å². The second-order valence-corrected chi connectivity index (χ2v) is 5.08. The lowest BCUT2D eigenvalue weighted by atomic mass is 10.0. The van der Waals surface area contributed by atoms with Crippen LogP contribution in [0.15, 0.2) is 6.33 Å². The third-order valence-corrected chi connectivity index (χ3v) is 3.62. The molecule has 0 unspecified atom stereocenters. The molecule has 0 saturated heterocycles. The second-order valence-electron chi connectivity index (χ2n) is 5.08. The number of fused-ring (bicyclic) bond motifs is 1. The van der Waals surface area contributed by atoms with Crippen LogP contribution in [0.2, 0.25) is 0 Å².